The van der Waals surface area contributed by atoms with Gasteiger partial charge in [-0.1, -0.05) is 50.3 Å². The largest absolute Gasteiger partial charge is 0.389 e. The summed E-state index contributed by atoms with van der Waals surface area (Å²) in [7, 11) is -3.28. The van der Waals surface area contributed by atoms with E-state index in [0.29, 0.717) is 17.1 Å². The Morgan fingerprint density at radius 3 is 2.33 bits per heavy atom. The van der Waals surface area contributed by atoms with Gasteiger partial charge < -0.3 is 5.73 Å². The van der Waals surface area contributed by atoms with E-state index in [1.807, 2.05) is 13.8 Å². The van der Waals surface area contributed by atoms with E-state index in [2.05, 4.69) is 4.72 Å². The first-order chi connectivity index (χ1) is 8.30. The molecule has 0 amide bonds. The van der Waals surface area contributed by atoms with Gasteiger partial charge in [0.25, 0.3) is 0 Å². The summed E-state index contributed by atoms with van der Waals surface area (Å²) >= 11 is 4.83. The van der Waals surface area contributed by atoms with Crippen LogP contribution in [0.5, 0.6) is 0 Å². The fraction of sp³-hybridized carbons (Fsp3) is 0.417. The molecule has 0 radical (unpaired) electrons. The van der Waals surface area contributed by atoms with E-state index in [1.54, 1.807) is 24.3 Å². The molecule has 18 heavy (non-hydrogen) atoms. The quantitative estimate of drug-likeness (QED) is 0.775. The highest BCUT2D eigenvalue weighted by atomic mass is 32.2. The van der Waals surface area contributed by atoms with E-state index in [4.69, 9.17) is 18.0 Å². The normalized spacial score (nSPS) is 11.7. The summed E-state index contributed by atoms with van der Waals surface area (Å²) in [6, 6.07) is 6.91. The Hall–Kier alpha value is -0.980. The number of benzene rings is 1. The Bertz CT molecular complexity index is 507. The van der Waals surface area contributed by atoms with Gasteiger partial charge in [0.2, 0.25) is 10.0 Å². The molecular formula is C12H18N2O2S2. The van der Waals surface area contributed by atoms with E-state index < -0.39 is 10.0 Å². The van der Waals surface area contributed by atoms with Crippen molar-refractivity contribution in [2.75, 3.05) is 6.54 Å². The molecule has 0 spiro atoms. The van der Waals surface area contributed by atoms with E-state index in [9.17, 15) is 8.42 Å². The molecule has 0 fully saturated rings. The molecule has 1 rings (SSSR count). The Balaban J connectivity index is 2.69. The fourth-order valence-corrected chi connectivity index (χ4v) is 2.79. The van der Waals surface area contributed by atoms with Crippen molar-refractivity contribution in [3.8, 4) is 0 Å². The molecule has 0 saturated heterocycles. The molecule has 1 aromatic carbocycles. The predicted octanol–water partition coefficient (Wildman–Crippen LogP) is 1.40. The number of nitrogens with one attached hydrogen (secondary N) is 1. The van der Waals surface area contributed by atoms with Gasteiger partial charge in [0, 0.05) is 12.1 Å². The van der Waals surface area contributed by atoms with Crippen molar-refractivity contribution >= 4 is 27.2 Å². The highest BCUT2D eigenvalue weighted by Crippen LogP contribution is 2.08. The summed E-state index contributed by atoms with van der Waals surface area (Å²) in [4.78, 5) is 0.308. The standard InChI is InChI=1S/C12H18N2O2S2/c1-9(2)7-14-18(15,16)8-10-3-5-11(6-4-10)12(13)17/h3-6,9,14H,7-8H2,1-2H3,(H2,13,17). The predicted molar refractivity (Wildman–Crippen MR) is 77.8 cm³/mol. The minimum atomic E-state index is -3.28. The lowest BCUT2D eigenvalue weighted by Gasteiger charge is -2.09. The SMILES string of the molecule is CC(C)CNS(=O)(=O)Cc1ccc(C(N)=S)cc1. The Morgan fingerprint density at radius 2 is 1.89 bits per heavy atom. The third kappa shape index (κ3) is 5.12. The van der Waals surface area contributed by atoms with Crippen LogP contribution in [0.15, 0.2) is 24.3 Å². The molecule has 1 aromatic rings. The van der Waals surface area contributed by atoms with Crippen LogP contribution in [-0.4, -0.2) is 20.0 Å². The summed E-state index contributed by atoms with van der Waals surface area (Å²) in [5, 5.41) is 0. The van der Waals surface area contributed by atoms with E-state index in [0.717, 1.165) is 5.56 Å². The number of sulfonamides is 1. The average molecular weight is 286 g/mol. The molecule has 3 N–H and O–H groups in total. The molecule has 0 aliphatic rings. The lowest BCUT2D eigenvalue weighted by Crippen LogP contribution is -2.28. The van der Waals surface area contributed by atoms with Crippen LogP contribution < -0.4 is 10.5 Å². The van der Waals surface area contributed by atoms with Crippen molar-refractivity contribution in [1.82, 2.24) is 4.72 Å². The first-order valence-electron chi connectivity index (χ1n) is 5.66. The molecule has 0 aliphatic carbocycles. The zero-order valence-corrected chi connectivity index (χ0v) is 12.1. The number of thiocarbonyl (C=S) groups is 1. The van der Waals surface area contributed by atoms with Gasteiger partial charge in [0.05, 0.1) is 5.75 Å². The number of hydrogen-bond acceptors (Lipinski definition) is 3. The van der Waals surface area contributed by atoms with Crippen molar-refractivity contribution in [3.63, 3.8) is 0 Å². The number of nitrogens with two attached hydrogens (primary N) is 1. The second-order valence-corrected chi connectivity index (χ2v) is 6.81. The Kier molecular flexibility index (Phi) is 5.25. The van der Waals surface area contributed by atoms with Gasteiger partial charge in [-0.15, -0.1) is 0 Å². The maximum Gasteiger partial charge on any atom is 0.215 e. The maximum absolute atomic E-state index is 11.8. The minimum absolute atomic E-state index is 0.0304. The highest BCUT2D eigenvalue weighted by Gasteiger charge is 2.11. The van der Waals surface area contributed by atoms with Crippen LogP contribution in [0.25, 0.3) is 0 Å². The van der Waals surface area contributed by atoms with Crippen molar-refractivity contribution < 1.29 is 8.42 Å². The molecule has 6 heteroatoms. The molecule has 0 aromatic heterocycles. The van der Waals surface area contributed by atoms with E-state index in [-0.39, 0.29) is 11.7 Å². The van der Waals surface area contributed by atoms with E-state index >= 15 is 0 Å². The van der Waals surface area contributed by atoms with Gasteiger partial charge in [-0.3, -0.25) is 0 Å². The van der Waals surface area contributed by atoms with Crippen molar-refractivity contribution in [1.29, 1.82) is 0 Å². The molecule has 0 atom stereocenters. The van der Waals surface area contributed by atoms with Crippen molar-refractivity contribution in [3.05, 3.63) is 35.4 Å². The molecule has 0 aliphatic heterocycles. The Morgan fingerprint density at radius 1 is 1.33 bits per heavy atom. The van der Waals surface area contributed by atoms with Gasteiger partial charge in [-0.2, -0.15) is 0 Å². The highest BCUT2D eigenvalue weighted by molar-refractivity contribution is 7.88. The summed E-state index contributed by atoms with van der Waals surface area (Å²) < 4.78 is 26.1. The third-order valence-corrected chi connectivity index (χ3v) is 3.86. The first-order valence-corrected chi connectivity index (χ1v) is 7.72. The topological polar surface area (TPSA) is 72.2 Å². The van der Waals surface area contributed by atoms with Crippen LogP contribution in [0.4, 0.5) is 0 Å². The maximum atomic E-state index is 11.8. The fourth-order valence-electron chi connectivity index (χ4n) is 1.33. The van der Waals surface area contributed by atoms with Crippen LogP contribution >= 0.6 is 12.2 Å². The number of rotatable bonds is 6. The van der Waals surface area contributed by atoms with Crippen LogP contribution in [0.3, 0.4) is 0 Å². The molecule has 0 heterocycles. The second kappa shape index (κ2) is 6.26. The summed E-state index contributed by atoms with van der Waals surface area (Å²) in [6.45, 7) is 4.37. The summed E-state index contributed by atoms with van der Waals surface area (Å²) in [5.41, 5.74) is 6.92. The van der Waals surface area contributed by atoms with Crippen molar-refractivity contribution in [2.24, 2.45) is 11.7 Å². The van der Waals surface area contributed by atoms with Gasteiger partial charge in [0.15, 0.2) is 0 Å². The third-order valence-electron chi connectivity index (χ3n) is 2.31. The van der Waals surface area contributed by atoms with Gasteiger partial charge >= 0.3 is 0 Å². The van der Waals surface area contributed by atoms with Gasteiger partial charge in [-0.25, -0.2) is 13.1 Å². The zero-order valence-electron chi connectivity index (χ0n) is 10.5. The van der Waals surface area contributed by atoms with Crippen LogP contribution in [0, 0.1) is 5.92 Å². The molecule has 4 nitrogen and oxygen atoms in total. The smallest absolute Gasteiger partial charge is 0.215 e. The van der Waals surface area contributed by atoms with Gasteiger partial charge in [-0.05, 0) is 11.5 Å². The van der Waals surface area contributed by atoms with Crippen LogP contribution in [-0.2, 0) is 15.8 Å². The molecule has 0 bridgehead atoms. The molecule has 100 valence electrons. The monoisotopic (exact) mass is 286 g/mol. The molecular weight excluding hydrogens is 268 g/mol. The van der Waals surface area contributed by atoms with E-state index in [1.165, 1.54) is 0 Å². The van der Waals surface area contributed by atoms with Crippen molar-refractivity contribution in [2.45, 2.75) is 19.6 Å². The second-order valence-electron chi connectivity index (χ2n) is 4.56. The summed E-state index contributed by atoms with van der Waals surface area (Å²) in [5.74, 6) is 0.258. The Labute approximate surface area is 114 Å². The lowest BCUT2D eigenvalue weighted by molar-refractivity contribution is 0.559. The lowest BCUT2D eigenvalue weighted by atomic mass is 10.1. The first kappa shape index (κ1) is 15.1. The molecule has 0 saturated carbocycles. The van der Waals surface area contributed by atoms with Crippen LogP contribution in [0.1, 0.15) is 25.0 Å². The molecule has 0 unspecified atom stereocenters. The zero-order chi connectivity index (χ0) is 13.8. The average Bonchev–Trinajstić information content (AvgIpc) is 2.27. The van der Waals surface area contributed by atoms with Crippen LogP contribution in [0.2, 0.25) is 0 Å². The summed E-state index contributed by atoms with van der Waals surface area (Å²) in [6.07, 6.45) is 0. The minimum Gasteiger partial charge on any atom is -0.389 e. The van der Waals surface area contributed by atoms with Gasteiger partial charge in [0.1, 0.15) is 4.99 Å². The number of hydrogen-bond donors (Lipinski definition) is 2.